The van der Waals surface area contributed by atoms with Gasteiger partial charge in [-0.25, -0.2) is 0 Å². The number of hydrogen-bond donors (Lipinski definition) is 1. The van der Waals surface area contributed by atoms with Crippen molar-refractivity contribution in [1.82, 2.24) is 15.3 Å². The maximum Gasteiger partial charge on any atom is 0.0724 e. The summed E-state index contributed by atoms with van der Waals surface area (Å²) in [6.07, 6.45) is 6.30. The molecule has 0 spiro atoms. The smallest absolute Gasteiger partial charge is 0.0724 e. The van der Waals surface area contributed by atoms with Crippen LogP contribution in [0.4, 0.5) is 0 Å². The van der Waals surface area contributed by atoms with Crippen LogP contribution >= 0.6 is 0 Å². The van der Waals surface area contributed by atoms with Crippen LogP contribution in [-0.4, -0.2) is 15.5 Å². The summed E-state index contributed by atoms with van der Waals surface area (Å²) < 4.78 is 0. The lowest BCUT2D eigenvalue weighted by molar-refractivity contribution is 0.372. The van der Waals surface area contributed by atoms with Crippen molar-refractivity contribution in [1.29, 1.82) is 0 Å². The average molecular weight is 179 g/mol. The van der Waals surface area contributed by atoms with Gasteiger partial charge in [-0.3, -0.25) is 9.97 Å². The molecule has 0 aliphatic rings. The van der Waals surface area contributed by atoms with Crippen LogP contribution in [0.15, 0.2) is 18.6 Å². The van der Waals surface area contributed by atoms with Crippen LogP contribution in [-0.2, 0) is 6.54 Å². The summed E-state index contributed by atoms with van der Waals surface area (Å²) in [5.74, 6) is 0. The van der Waals surface area contributed by atoms with E-state index >= 15 is 0 Å². The van der Waals surface area contributed by atoms with Crippen molar-refractivity contribution in [2.75, 3.05) is 0 Å². The van der Waals surface area contributed by atoms with Gasteiger partial charge < -0.3 is 5.32 Å². The van der Waals surface area contributed by atoms with E-state index in [2.05, 4.69) is 36.1 Å². The standard InChI is InChI=1S/C10H17N3/c1-4-10(2,3)13-8-9-7-11-5-6-12-9/h5-7,13H,4,8H2,1-3H3. The quantitative estimate of drug-likeness (QED) is 0.765. The Morgan fingerprint density at radius 3 is 2.69 bits per heavy atom. The van der Waals surface area contributed by atoms with E-state index in [9.17, 15) is 0 Å². The zero-order valence-corrected chi connectivity index (χ0v) is 8.54. The lowest BCUT2D eigenvalue weighted by Gasteiger charge is -2.24. The molecule has 0 aliphatic heterocycles. The molecule has 1 aromatic rings. The Kier molecular flexibility index (Phi) is 3.37. The monoisotopic (exact) mass is 179 g/mol. The molecule has 0 unspecified atom stereocenters. The molecule has 3 heteroatoms. The van der Waals surface area contributed by atoms with Crippen LogP contribution < -0.4 is 5.32 Å². The summed E-state index contributed by atoms with van der Waals surface area (Å²) in [5.41, 5.74) is 1.17. The SMILES string of the molecule is CCC(C)(C)NCc1cnccn1. The van der Waals surface area contributed by atoms with E-state index in [-0.39, 0.29) is 5.54 Å². The zero-order chi connectivity index (χ0) is 9.73. The van der Waals surface area contributed by atoms with Crippen molar-refractivity contribution in [2.45, 2.75) is 39.3 Å². The molecule has 0 aromatic carbocycles. The van der Waals surface area contributed by atoms with E-state index in [1.807, 2.05) is 0 Å². The van der Waals surface area contributed by atoms with Crippen LogP contribution in [0.2, 0.25) is 0 Å². The van der Waals surface area contributed by atoms with Crippen LogP contribution in [0, 0.1) is 0 Å². The summed E-state index contributed by atoms with van der Waals surface area (Å²) in [7, 11) is 0. The van der Waals surface area contributed by atoms with E-state index in [0.29, 0.717) is 0 Å². The maximum atomic E-state index is 4.19. The molecule has 3 nitrogen and oxygen atoms in total. The van der Waals surface area contributed by atoms with Gasteiger partial charge in [0.1, 0.15) is 0 Å². The highest BCUT2D eigenvalue weighted by Gasteiger charge is 2.13. The van der Waals surface area contributed by atoms with E-state index in [0.717, 1.165) is 18.7 Å². The Labute approximate surface area is 79.6 Å². The molecule has 0 amide bonds. The number of hydrogen-bond acceptors (Lipinski definition) is 3. The van der Waals surface area contributed by atoms with Crippen molar-refractivity contribution < 1.29 is 0 Å². The molecule has 0 aliphatic carbocycles. The fourth-order valence-corrected chi connectivity index (χ4v) is 0.876. The van der Waals surface area contributed by atoms with Crippen LogP contribution in [0.3, 0.4) is 0 Å². The van der Waals surface area contributed by atoms with Gasteiger partial charge in [0.15, 0.2) is 0 Å². The molecule has 0 radical (unpaired) electrons. The lowest BCUT2D eigenvalue weighted by Crippen LogP contribution is -2.38. The second-order valence-electron chi connectivity index (χ2n) is 3.79. The number of nitrogens with zero attached hydrogens (tertiary/aromatic N) is 2. The molecule has 72 valence electrons. The minimum absolute atomic E-state index is 0.178. The van der Waals surface area contributed by atoms with E-state index in [4.69, 9.17) is 0 Å². The molecule has 0 bridgehead atoms. The minimum atomic E-state index is 0.178. The highest BCUT2D eigenvalue weighted by Crippen LogP contribution is 2.07. The molecular formula is C10H17N3. The van der Waals surface area contributed by atoms with Gasteiger partial charge in [0.2, 0.25) is 0 Å². The maximum absolute atomic E-state index is 4.19. The molecule has 0 saturated heterocycles. The fraction of sp³-hybridized carbons (Fsp3) is 0.600. The van der Waals surface area contributed by atoms with Crippen LogP contribution in [0.1, 0.15) is 32.9 Å². The van der Waals surface area contributed by atoms with Crippen LogP contribution in [0.5, 0.6) is 0 Å². The van der Waals surface area contributed by atoms with E-state index in [1.54, 1.807) is 18.6 Å². The minimum Gasteiger partial charge on any atom is -0.306 e. The summed E-state index contributed by atoms with van der Waals surface area (Å²) in [4.78, 5) is 8.20. The predicted octanol–water partition coefficient (Wildman–Crippen LogP) is 1.75. The highest BCUT2D eigenvalue weighted by molar-refractivity contribution is 4.95. The second kappa shape index (κ2) is 4.33. The van der Waals surface area contributed by atoms with Gasteiger partial charge in [-0.2, -0.15) is 0 Å². The first-order chi connectivity index (χ1) is 6.14. The number of nitrogens with one attached hydrogen (secondary N) is 1. The third kappa shape index (κ3) is 3.51. The fourth-order valence-electron chi connectivity index (χ4n) is 0.876. The summed E-state index contributed by atoms with van der Waals surface area (Å²) in [5, 5.41) is 3.42. The van der Waals surface area contributed by atoms with Gasteiger partial charge in [0.25, 0.3) is 0 Å². The third-order valence-corrected chi connectivity index (χ3v) is 2.25. The summed E-state index contributed by atoms with van der Waals surface area (Å²) >= 11 is 0. The number of rotatable bonds is 4. The molecule has 0 fully saturated rings. The van der Waals surface area contributed by atoms with Gasteiger partial charge in [0.05, 0.1) is 5.69 Å². The van der Waals surface area contributed by atoms with Crippen LogP contribution in [0.25, 0.3) is 0 Å². The Balaban J connectivity index is 2.44. The Bertz CT molecular complexity index is 244. The van der Waals surface area contributed by atoms with Crippen molar-refractivity contribution in [3.8, 4) is 0 Å². The van der Waals surface area contributed by atoms with E-state index in [1.165, 1.54) is 0 Å². The Hall–Kier alpha value is -0.960. The topological polar surface area (TPSA) is 37.8 Å². The lowest BCUT2D eigenvalue weighted by atomic mass is 10.0. The van der Waals surface area contributed by atoms with Gasteiger partial charge in [0, 0.05) is 30.7 Å². The Morgan fingerprint density at radius 1 is 1.38 bits per heavy atom. The highest BCUT2D eigenvalue weighted by atomic mass is 15.0. The largest absolute Gasteiger partial charge is 0.306 e. The zero-order valence-electron chi connectivity index (χ0n) is 8.54. The normalized spacial score (nSPS) is 11.6. The molecule has 1 heterocycles. The average Bonchev–Trinajstić information content (AvgIpc) is 2.17. The molecule has 0 atom stereocenters. The molecule has 1 N–H and O–H groups in total. The first-order valence-electron chi connectivity index (χ1n) is 4.64. The van der Waals surface area contributed by atoms with Crippen molar-refractivity contribution >= 4 is 0 Å². The summed E-state index contributed by atoms with van der Waals surface area (Å²) in [6, 6.07) is 0. The van der Waals surface area contributed by atoms with E-state index < -0.39 is 0 Å². The van der Waals surface area contributed by atoms with Crippen molar-refractivity contribution in [3.05, 3.63) is 24.3 Å². The van der Waals surface area contributed by atoms with Gasteiger partial charge in [-0.05, 0) is 20.3 Å². The van der Waals surface area contributed by atoms with Crippen molar-refractivity contribution in [3.63, 3.8) is 0 Å². The number of aromatic nitrogens is 2. The molecule has 0 saturated carbocycles. The third-order valence-electron chi connectivity index (χ3n) is 2.25. The van der Waals surface area contributed by atoms with Gasteiger partial charge in [-0.15, -0.1) is 0 Å². The molecule has 1 rings (SSSR count). The first kappa shape index (κ1) is 10.1. The molecular weight excluding hydrogens is 162 g/mol. The predicted molar refractivity (Wildman–Crippen MR) is 53.2 cm³/mol. The first-order valence-corrected chi connectivity index (χ1v) is 4.64. The summed E-state index contributed by atoms with van der Waals surface area (Å²) in [6.45, 7) is 7.32. The molecule has 1 aromatic heterocycles. The molecule has 13 heavy (non-hydrogen) atoms. The van der Waals surface area contributed by atoms with Gasteiger partial charge in [-0.1, -0.05) is 6.92 Å². The second-order valence-corrected chi connectivity index (χ2v) is 3.79. The van der Waals surface area contributed by atoms with Gasteiger partial charge >= 0.3 is 0 Å². The Morgan fingerprint density at radius 2 is 2.15 bits per heavy atom. The van der Waals surface area contributed by atoms with Crippen molar-refractivity contribution in [2.24, 2.45) is 0 Å².